The average molecular weight is 486 g/mol. The van der Waals surface area contributed by atoms with Crippen LogP contribution >= 0.6 is 0 Å². The maximum absolute atomic E-state index is 13.3. The molecule has 7 heteroatoms. The Morgan fingerprint density at radius 2 is 1.71 bits per heavy atom. The third-order valence-corrected chi connectivity index (χ3v) is 4.80. The maximum Gasteiger partial charge on any atom is 0.247 e. The van der Waals surface area contributed by atoms with Gasteiger partial charge in [-0.15, -0.1) is 6.58 Å². The molecule has 2 atom stereocenters. The summed E-state index contributed by atoms with van der Waals surface area (Å²) in [6, 6.07) is 20.0. The molecule has 0 aromatic heterocycles. The maximum atomic E-state index is 13.3. The van der Waals surface area contributed by atoms with Gasteiger partial charge < -0.3 is 15.8 Å². The van der Waals surface area contributed by atoms with E-state index in [-0.39, 0.29) is 13.0 Å². The number of allylic oxidation sites excluding steroid dienone is 1. The van der Waals surface area contributed by atoms with Crippen molar-refractivity contribution in [1.82, 2.24) is 5.32 Å². The van der Waals surface area contributed by atoms with Crippen LogP contribution < -0.4 is 11.1 Å². The quantitative estimate of drug-likeness (QED) is 0.234. The number of nitrogens with zero attached hydrogens (tertiary/aromatic N) is 1. The van der Waals surface area contributed by atoms with Gasteiger partial charge in [-0.1, -0.05) is 67.3 Å². The molecule has 0 aliphatic heterocycles. The lowest BCUT2D eigenvalue weighted by molar-refractivity contribution is -0.106. The minimum absolute atomic E-state index is 0.219. The summed E-state index contributed by atoms with van der Waals surface area (Å²) in [7, 11) is 0. The molecule has 5 nitrogen and oxygen atoms in total. The number of alkyl halides is 2. The summed E-state index contributed by atoms with van der Waals surface area (Å²) in [6.07, 6.45) is 4.30. The van der Waals surface area contributed by atoms with Crippen molar-refractivity contribution >= 4 is 6.41 Å². The Kier molecular flexibility index (Phi) is 17.0. The second-order valence-corrected chi connectivity index (χ2v) is 7.83. The van der Waals surface area contributed by atoms with Gasteiger partial charge in [0.25, 0.3) is 0 Å². The molecule has 0 bridgehead atoms. The summed E-state index contributed by atoms with van der Waals surface area (Å²) in [5.74, 6) is -3.45. The summed E-state index contributed by atoms with van der Waals surface area (Å²) in [4.78, 5) is 8.58. The van der Waals surface area contributed by atoms with Crippen molar-refractivity contribution in [3.8, 4) is 6.07 Å². The number of amides is 1. The van der Waals surface area contributed by atoms with Gasteiger partial charge in [0.15, 0.2) is 0 Å². The minimum atomic E-state index is -2.86. The highest BCUT2D eigenvalue weighted by Gasteiger charge is 2.31. The van der Waals surface area contributed by atoms with Crippen molar-refractivity contribution in [2.45, 2.75) is 51.7 Å². The lowest BCUT2D eigenvalue weighted by Crippen LogP contribution is -2.28. The topological polar surface area (TPSA) is 88.1 Å². The molecule has 0 spiro atoms. The number of hydrogen-bond donors (Lipinski definition) is 2. The van der Waals surface area contributed by atoms with Crippen LogP contribution in [0.15, 0.2) is 80.0 Å². The normalized spacial score (nSPS) is 11.7. The number of nitrogens with two attached hydrogens (primary N) is 1. The molecule has 2 aromatic carbocycles. The van der Waals surface area contributed by atoms with Crippen molar-refractivity contribution in [3.63, 3.8) is 0 Å². The second-order valence-electron chi connectivity index (χ2n) is 7.83. The van der Waals surface area contributed by atoms with Gasteiger partial charge in [0.2, 0.25) is 12.3 Å². The number of hydrogen-bond acceptors (Lipinski definition) is 4. The molecular formula is C28H37F2N3O2. The largest absolute Gasteiger partial charge is 0.391 e. The van der Waals surface area contributed by atoms with Crippen molar-refractivity contribution in [2.24, 2.45) is 11.7 Å². The SMILES string of the molecule is C=CCc1ccccc1.C=CNCCc1ccccc1COC(CC(C)(F)F)[C@@H](C)C#N.NC=O. The van der Waals surface area contributed by atoms with Gasteiger partial charge in [0.05, 0.1) is 24.7 Å². The van der Waals surface area contributed by atoms with E-state index in [1.54, 1.807) is 13.1 Å². The zero-order chi connectivity index (χ0) is 26.5. The van der Waals surface area contributed by atoms with Crippen LogP contribution in [0.1, 0.15) is 37.0 Å². The van der Waals surface area contributed by atoms with Gasteiger partial charge in [-0.3, -0.25) is 4.79 Å². The van der Waals surface area contributed by atoms with Crippen LogP contribution in [0.2, 0.25) is 0 Å². The number of carbonyl (C=O) groups excluding carboxylic acids is 1. The number of carbonyl (C=O) groups is 1. The molecule has 190 valence electrons. The van der Waals surface area contributed by atoms with Crippen LogP contribution in [0.25, 0.3) is 0 Å². The molecular weight excluding hydrogens is 448 g/mol. The number of benzene rings is 2. The van der Waals surface area contributed by atoms with E-state index in [0.717, 1.165) is 37.4 Å². The van der Waals surface area contributed by atoms with E-state index in [4.69, 9.17) is 14.8 Å². The molecule has 3 N–H and O–H groups in total. The first-order valence-corrected chi connectivity index (χ1v) is 11.3. The monoisotopic (exact) mass is 485 g/mol. The molecule has 2 rings (SSSR count). The smallest absolute Gasteiger partial charge is 0.247 e. The molecule has 0 fully saturated rings. The number of primary amides is 1. The van der Waals surface area contributed by atoms with Crippen LogP contribution in [0, 0.1) is 17.2 Å². The van der Waals surface area contributed by atoms with E-state index >= 15 is 0 Å². The number of nitrogens with one attached hydrogen (secondary N) is 1. The highest BCUT2D eigenvalue weighted by atomic mass is 19.3. The van der Waals surface area contributed by atoms with E-state index in [1.807, 2.05) is 54.6 Å². The summed E-state index contributed by atoms with van der Waals surface area (Å²) >= 11 is 0. The average Bonchev–Trinajstić information content (AvgIpc) is 2.83. The van der Waals surface area contributed by atoms with Gasteiger partial charge in [-0.05, 0) is 49.6 Å². The Bertz CT molecular complexity index is 893. The lowest BCUT2D eigenvalue weighted by Gasteiger charge is -2.23. The molecule has 0 aliphatic carbocycles. The minimum Gasteiger partial charge on any atom is -0.391 e. The lowest BCUT2D eigenvalue weighted by atomic mass is 10.00. The Labute approximate surface area is 208 Å². The molecule has 2 aromatic rings. The van der Waals surface area contributed by atoms with Gasteiger partial charge in [-0.2, -0.15) is 5.26 Å². The van der Waals surface area contributed by atoms with Crippen LogP contribution in [0.5, 0.6) is 0 Å². The Morgan fingerprint density at radius 3 is 2.23 bits per heavy atom. The van der Waals surface area contributed by atoms with Crippen LogP contribution in [-0.2, 0) is 29.0 Å². The molecule has 0 radical (unpaired) electrons. The molecule has 0 saturated heterocycles. The van der Waals surface area contributed by atoms with E-state index in [1.165, 1.54) is 5.56 Å². The number of nitriles is 1. The van der Waals surface area contributed by atoms with E-state index < -0.39 is 24.4 Å². The summed E-state index contributed by atoms with van der Waals surface area (Å²) in [6.45, 7) is 10.7. The van der Waals surface area contributed by atoms with E-state index in [9.17, 15) is 8.78 Å². The first kappa shape index (κ1) is 31.5. The van der Waals surface area contributed by atoms with Crippen molar-refractivity contribution in [3.05, 3.63) is 96.7 Å². The highest BCUT2D eigenvalue weighted by molar-refractivity contribution is 5.42. The molecule has 0 heterocycles. The zero-order valence-corrected chi connectivity index (χ0v) is 20.6. The number of halogens is 2. The van der Waals surface area contributed by atoms with Gasteiger partial charge >= 0.3 is 0 Å². The molecule has 35 heavy (non-hydrogen) atoms. The third kappa shape index (κ3) is 15.9. The Balaban J connectivity index is 0.000000791. The Hall–Kier alpha value is -3.50. The second kappa shape index (κ2) is 18.9. The summed E-state index contributed by atoms with van der Waals surface area (Å²) < 4.78 is 32.2. The van der Waals surface area contributed by atoms with Crippen molar-refractivity contribution in [2.75, 3.05) is 6.54 Å². The standard InChI is InChI=1S/C18H24F2N2O.C9H10.CH3NO/c1-4-22-10-9-15-7-5-6-8-16(15)13-23-17(14(2)12-21)11-18(3,19)20;1-2-6-9-7-4-3-5-8-9;2-1-3/h4-8,14,17,22H,1,9-11,13H2,2-3H3;2-5,7-8H,1,6H2;1H,(H2,2,3)/t14-,17?;;/m0../s1. The number of rotatable bonds is 12. The third-order valence-electron chi connectivity index (χ3n) is 4.80. The summed E-state index contributed by atoms with van der Waals surface area (Å²) in [5, 5.41) is 12.0. The van der Waals surface area contributed by atoms with Gasteiger partial charge in [0.1, 0.15) is 0 Å². The predicted molar refractivity (Wildman–Crippen MR) is 138 cm³/mol. The van der Waals surface area contributed by atoms with Crippen LogP contribution in [-0.4, -0.2) is 25.0 Å². The zero-order valence-electron chi connectivity index (χ0n) is 20.6. The summed E-state index contributed by atoms with van der Waals surface area (Å²) in [5.41, 5.74) is 7.54. The fourth-order valence-electron chi connectivity index (χ4n) is 3.05. The van der Waals surface area contributed by atoms with Crippen LogP contribution in [0.3, 0.4) is 0 Å². The molecule has 1 amide bonds. The first-order valence-electron chi connectivity index (χ1n) is 11.3. The van der Waals surface area contributed by atoms with Gasteiger partial charge in [-0.25, -0.2) is 8.78 Å². The highest BCUT2D eigenvalue weighted by Crippen LogP contribution is 2.26. The van der Waals surface area contributed by atoms with Crippen molar-refractivity contribution < 1.29 is 18.3 Å². The van der Waals surface area contributed by atoms with Crippen molar-refractivity contribution in [1.29, 1.82) is 5.26 Å². The number of ether oxygens (including phenoxy) is 1. The predicted octanol–water partition coefficient (Wildman–Crippen LogP) is 5.57. The van der Waals surface area contributed by atoms with E-state index in [2.05, 4.69) is 36.3 Å². The fraction of sp³-hybridized carbons (Fsp3) is 0.357. The molecule has 0 aliphatic rings. The fourth-order valence-corrected chi connectivity index (χ4v) is 3.05. The van der Waals surface area contributed by atoms with E-state index in [0.29, 0.717) is 0 Å². The van der Waals surface area contributed by atoms with Crippen LogP contribution in [0.4, 0.5) is 8.78 Å². The molecule has 0 saturated carbocycles. The Morgan fingerprint density at radius 1 is 1.14 bits per heavy atom. The van der Waals surface area contributed by atoms with Gasteiger partial charge in [0, 0.05) is 13.0 Å². The first-order chi connectivity index (χ1) is 16.7. The molecule has 1 unspecified atom stereocenters.